The zero-order chi connectivity index (χ0) is 15.2. The first-order valence-electron chi connectivity index (χ1n) is 7.64. The van der Waals surface area contributed by atoms with E-state index < -0.39 is 0 Å². The van der Waals surface area contributed by atoms with E-state index in [1.54, 1.807) is 4.90 Å². The van der Waals surface area contributed by atoms with E-state index in [1.807, 2.05) is 6.92 Å². The number of carbonyl (C=O) groups is 1. The Morgan fingerprint density at radius 3 is 2.48 bits per heavy atom. The van der Waals surface area contributed by atoms with Crippen LogP contribution in [0.2, 0.25) is 0 Å². The largest absolute Gasteiger partial charge is 0.507 e. The van der Waals surface area contributed by atoms with Crippen molar-refractivity contribution in [2.45, 2.75) is 26.2 Å². The lowest BCUT2D eigenvalue weighted by Gasteiger charge is -2.30. The second kappa shape index (κ2) is 7.31. The van der Waals surface area contributed by atoms with Gasteiger partial charge in [-0.1, -0.05) is 13.0 Å². The lowest BCUT2D eigenvalue weighted by molar-refractivity contribution is 0.0710. The topological polar surface area (TPSA) is 72.8 Å². The standard InChI is InChI=1S/C16H24N2O3/c1-2-10-18(11-12-6-8-17-9-7-12)16(21)15-13(19)4-3-5-14(15)20/h3-5,12,17,19-20H,2,6-11H2,1H3. The van der Waals surface area contributed by atoms with Gasteiger partial charge in [0.1, 0.15) is 17.1 Å². The van der Waals surface area contributed by atoms with E-state index in [-0.39, 0.29) is 23.0 Å². The minimum absolute atomic E-state index is 0.0138. The number of amides is 1. The van der Waals surface area contributed by atoms with Crippen LogP contribution in [0.3, 0.4) is 0 Å². The van der Waals surface area contributed by atoms with E-state index in [4.69, 9.17) is 0 Å². The number of phenolic OH excluding ortho intramolecular Hbond substituents is 2. The molecule has 0 aromatic heterocycles. The molecule has 1 heterocycles. The number of nitrogens with zero attached hydrogens (tertiary/aromatic N) is 1. The van der Waals surface area contributed by atoms with E-state index in [0.29, 0.717) is 19.0 Å². The third-order valence-corrected chi connectivity index (χ3v) is 3.95. The van der Waals surface area contributed by atoms with Crippen LogP contribution in [0.25, 0.3) is 0 Å². The van der Waals surface area contributed by atoms with Gasteiger partial charge in [0, 0.05) is 13.1 Å². The van der Waals surface area contributed by atoms with Gasteiger partial charge >= 0.3 is 0 Å². The molecule has 0 radical (unpaired) electrons. The summed E-state index contributed by atoms with van der Waals surface area (Å²) in [5.41, 5.74) is 0.0138. The lowest BCUT2D eigenvalue weighted by atomic mass is 9.97. The van der Waals surface area contributed by atoms with Gasteiger partial charge in [-0.05, 0) is 50.4 Å². The van der Waals surface area contributed by atoms with Gasteiger partial charge in [-0.2, -0.15) is 0 Å². The molecule has 5 nitrogen and oxygen atoms in total. The maximum Gasteiger partial charge on any atom is 0.261 e. The van der Waals surface area contributed by atoms with Gasteiger partial charge in [0.05, 0.1) is 0 Å². The summed E-state index contributed by atoms with van der Waals surface area (Å²) >= 11 is 0. The van der Waals surface area contributed by atoms with Crippen LogP contribution in [0.15, 0.2) is 18.2 Å². The fourth-order valence-corrected chi connectivity index (χ4v) is 2.83. The molecule has 1 aromatic rings. The van der Waals surface area contributed by atoms with Crippen LogP contribution in [-0.2, 0) is 0 Å². The highest BCUT2D eigenvalue weighted by atomic mass is 16.3. The highest BCUT2D eigenvalue weighted by Crippen LogP contribution is 2.28. The van der Waals surface area contributed by atoms with Crippen molar-refractivity contribution in [2.75, 3.05) is 26.2 Å². The van der Waals surface area contributed by atoms with E-state index in [2.05, 4.69) is 5.32 Å². The van der Waals surface area contributed by atoms with Gasteiger partial charge in [-0.3, -0.25) is 4.79 Å². The molecule has 1 fully saturated rings. The number of piperidine rings is 1. The third kappa shape index (κ3) is 3.88. The number of benzene rings is 1. The lowest BCUT2D eigenvalue weighted by Crippen LogP contribution is -2.39. The average molecular weight is 292 g/mol. The Labute approximate surface area is 125 Å². The molecule has 1 saturated heterocycles. The van der Waals surface area contributed by atoms with Gasteiger partial charge in [0.15, 0.2) is 0 Å². The van der Waals surface area contributed by atoms with Crippen LogP contribution in [0, 0.1) is 5.92 Å². The van der Waals surface area contributed by atoms with E-state index >= 15 is 0 Å². The molecular formula is C16H24N2O3. The van der Waals surface area contributed by atoms with Crippen molar-refractivity contribution in [3.8, 4) is 11.5 Å². The first-order chi connectivity index (χ1) is 10.1. The van der Waals surface area contributed by atoms with Gasteiger partial charge in [0.2, 0.25) is 0 Å². The number of phenols is 2. The van der Waals surface area contributed by atoms with Gasteiger partial charge < -0.3 is 20.4 Å². The molecule has 5 heteroatoms. The fraction of sp³-hybridized carbons (Fsp3) is 0.562. The van der Waals surface area contributed by atoms with E-state index in [0.717, 1.165) is 32.4 Å². The average Bonchev–Trinajstić information content (AvgIpc) is 2.47. The first-order valence-corrected chi connectivity index (χ1v) is 7.64. The van der Waals surface area contributed by atoms with Crippen molar-refractivity contribution >= 4 is 5.91 Å². The molecule has 0 bridgehead atoms. The fourth-order valence-electron chi connectivity index (χ4n) is 2.83. The molecule has 21 heavy (non-hydrogen) atoms. The minimum Gasteiger partial charge on any atom is -0.507 e. The number of nitrogens with one attached hydrogen (secondary N) is 1. The van der Waals surface area contributed by atoms with Gasteiger partial charge in [0.25, 0.3) is 5.91 Å². The van der Waals surface area contributed by atoms with Gasteiger partial charge in [-0.25, -0.2) is 0 Å². The summed E-state index contributed by atoms with van der Waals surface area (Å²) in [7, 11) is 0. The predicted octanol–water partition coefficient (Wildman–Crippen LogP) is 1.95. The number of aromatic hydroxyl groups is 2. The Kier molecular flexibility index (Phi) is 5.44. The Morgan fingerprint density at radius 2 is 1.90 bits per heavy atom. The molecule has 1 aliphatic rings. The molecule has 3 N–H and O–H groups in total. The van der Waals surface area contributed by atoms with Crippen LogP contribution in [0.1, 0.15) is 36.5 Å². The smallest absolute Gasteiger partial charge is 0.261 e. The summed E-state index contributed by atoms with van der Waals surface area (Å²) < 4.78 is 0. The summed E-state index contributed by atoms with van der Waals surface area (Å²) in [6.45, 7) is 5.31. The summed E-state index contributed by atoms with van der Waals surface area (Å²) in [5, 5.41) is 23.1. The number of hydrogen-bond donors (Lipinski definition) is 3. The van der Waals surface area contributed by atoms with Crippen molar-refractivity contribution in [3.63, 3.8) is 0 Å². The molecule has 1 amide bonds. The van der Waals surface area contributed by atoms with Crippen LogP contribution < -0.4 is 5.32 Å². The monoisotopic (exact) mass is 292 g/mol. The minimum atomic E-state index is -0.286. The maximum absolute atomic E-state index is 12.6. The van der Waals surface area contributed by atoms with Crippen LogP contribution in [0.4, 0.5) is 0 Å². The molecule has 0 spiro atoms. The normalized spacial score (nSPS) is 15.9. The van der Waals surface area contributed by atoms with E-state index in [9.17, 15) is 15.0 Å². The SMILES string of the molecule is CCCN(CC1CCNCC1)C(=O)c1c(O)cccc1O. The van der Waals surface area contributed by atoms with Crippen molar-refractivity contribution in [3.05, 3.63) is 23.8 Å². The summed E-state index contributed by atoms with van der Waals surface area (Å²) in [6, 6.07) is 4.39. The van der Waals surface area contributed by atoms with Crippen LogP contribution in [0.5, 0.6) is 11.5 Å². The first kappa shape index (κ1) is 15.6. The summed E-state index contributed by atoms with van der Waals surface area (Å²) in [5.74, 6) is -0.126. The zero-order valence-electron chi connectivity index (χ0n) is 12.5. The van der Waals surface area contributed by atoms with Crippen LogP contribution in [-0.4, -0.2) is 47.2 Å². The molecule has 1 aliphatic heterocycles. The summed E-state index contributed by atoms with van der Waals surface area (Å²) in [6.07, 6.45) is 2.96. The van der Waals surface area contributed by atoms with Crippen molar-refractivity contribution in [1.29, 1.82) is 0 Å². The number of rotatable bonds is 5. The van der Waals surface area contributed by atoms with Crippen molar-refractivity contribution in [2.24, 2.45) is 5.92 Å². The Morgan fingerprint density at radius 1 is 1.29 bits per heavy atom. The zero-order valence-corrected chi connectivity index (χ0v) is 12.5. The molecule has 0 saturated carbocycles. The quantitative estimate of drug-likeness (QED) is 0.775. The maximum atomic E-state index is 12.6. The Balaban J connectivity index is 2.14. The third-order valence-electron chi connectivity index (χ3n) is 3.95. The molecular weight excluding hydrogens is 268 g/mol. The Bertz CT molecular complexity index is 464. The number of hydrogen-bond acceptors (Lipinski definition) is 4. The molecule has 2 rings (SSSR count). The van der Waals surface area contributed by atoms with Crippen LogP contribution >= 0.6 is 0 Å². The van der Waals surface area contributed by atoms with Crippen molar-refractivity contribution in [1.82, 2.24) is 10.2 Å². The summed E-state index contributed by atoms with van der Waals surface area (Å²) in [4.78, 5) is 14.4. The Hall–Kier alpha value is -1.75. The van der Waals surface area contributed by atoms with Gasteiger partial charge in [-0.15, -0.1) is 0 Å². The molecule has 1 aromatic carbocycles. The number of carbonyl (C=O) groups excluding carboxylic acids is 1. The molecule has 0 atom stereocenters. The highest BCUT2D eigenvalue weighted by Gasteiger charge is 2.25. The second-order valence-corrected chi connectivity index (χ2v) is 5.62. The second-order valence-electron chi connectivity index (χ2n) is 5.62. The predicted molar refractivity (Wildman–Crippen MR) is 81.6 cm³/mol. The molecule has 116 valence electrons. The van der Waals surface area contributed by atoms with Crippen molar-refractivity contribution < 1.29 is 15.0 Å². The molecule has 0 aliphatic carbocycles. The highest BCUT2D eigenvalue weighted by molar-refractivity contribution is 5.99. The molecule has 0 unspecified atom stereocenters. The van der Waals surface area contributed by atoms with E-state index in [1.165, 1.54) is 18.2 Å².